The summed E-state index contributed by atoms with van der Waals surface area (Å²) in [6, 6.07) is 0. The van der Waals surface area contributed by atoms with Crippen molar-refractivity contribution in [2.75, 3.05) is 13.2 Å². The first-order valence-corrected chi connectivity index (χ1v) is 33.2. The number of hydrogen-bond acceptors (Lipinski definition) is 6. The Morgan fingerprint density at radius 2 is 0.500 bits per heavy atom. The lowest BCUT2D eigenvalue weighted by Gasteiger charge is -2.18. The number of rotatable bonds is 60. The molecular formula is C72H124O6. The summed E-state index contributed by atoms with van der Waals surface area (Å²) in [4.78, 5) is 38.4. The molecule has 1 unspecified atom stereocenters. The van der Waals surface area contributed by atoms with E-state index in [9.17, 15) is 14.4 Å². The van der Waals surface area contributed by atoms with Crippen LogP contribution in [0.25, 0.3) is 0 Å². The van der Waals surface area contributed by atoms with Gasteiger partial charge in [-0.25, -0.2) is 0 Å². The van der Waals surface area contributed by atoms with Crippen molar-refractivity contribution in [2.24, 2.45) is 0 Å². The van der Waals surface area contributed by atoms with E-state index < -0.39 is 6.10 Å². The minimum absolute atomic E-state index is 0.0919. The lowest BCUT2D eigenvalue weighted by atomic mass is 10.0. The summed E-state index contributed by atoms with van der Waals surface area (Å²) < 4.78 is 16.9. The zero-order chi connectivity index (χ0) is 56.4. The average Bonchev–Trinajstić information content (AvgIpc) is 3.44. The Labute approximate surface area is 483 Å². The highest BCUT2D eigenvalue weighted by atomic mass is 16.6. The maximum atomic E-state index is 12.9. The lowest BCUT2D eigenvalue weighted by Crippen LogP contribution is -2.30. The van der Waals surface area contributed by atoms with E-state index in [1.807, 2.05) is 0 Å². The van der Waals surface area contributed by atoms with Crippen LogP contribution < -0.4 is 0 Å². The van der Waals surface area contributed by atoms with Gasteiger partial charge in [0.05, 0.1) is 0 Å². The third-order valence-electron chi connectivity index (χ3n) is 14.3. The molecule has 0 saturated heterocycles. The largest absolute Gasteiger partial charge is 0.462 e. The van der Waals surface area contributed by atoms with Crippen molar-refractivity contribution in [1.29, 1.82) is 0 Å². The molecule has 1 atom stereocenters. The summed E-state index contributed by atoms with van der Waals surface area (Å²) in [6.45, 7) is 6.41. The van der Waals surface area contributed by atoms with Gasteiger partial charge in [-0.3, -0.25) is 14.4 Å². The van der Waals surface area contributed by atoms with Gasteiger partial charge in [-0.2, -0.15) is 0 Å². The van der Waals surface area contributed by atoms with Crippen LogP contribution >= 0.6 is 0 Å². The van der Waals surface area contributed by atoms with E-state index in [0.29, 0.717) is 19.3 Å². The Bertz CT molecular complexity index is 1530. The van der Waals surface area contributed by atoms with E-state index >= 15 is 0 Å². The Hall–Kier alpha value is -3.67. The second kappa shape index (κ2) is 65.8. The number of esters is 3. The Kier molecular flexibility index (Phi) is 62.7. The van der Waals surface area contributed by atoms with Gasteiger partial charge in [0, 0.05) is 19.3 Å². The van der Waals surface area contributed by atoms with Crippen LogP contribution in [0.4, 0.5) is 0 Å². The van der Waals surface area contributed by atoms with Gasteiger partial charge in [0.15, 0.2) is 6.10 Å². The molecule has 0 heterocycles. The summed E-state index contributed by atoms with van der Waals surface area (Å²) in [5, 5.41) is 0. The number of unbranched alkanes of at least 4 members (excludes halogenated alkanes) is 33. The average molecular weight is 1090 g/mol. The van der Waals surface area contributed by atoms with E-state index in [0.717, 1.165) is 116 Å². The number of ether oxygens (including phenoxy) is 3. The van der Waals surface area contributed by atoms with Crippen LogP contribution in [0, 0.1) is 0 Å². The maximum Gasteiger partial charge on any atom is 0.306 e. The fourth-order valence-electron chi connectivity index (χ4n) is 9.43. The van der Waals surface area contributed by atoms with E-state index in [1.54, 1.807) is 0 Å². The smallest absolute Gasteiger partial charge is 0.306 e. The van der Waals surface area contributed by atoms with Crippen LogP contribution in [0.1, 0.15) is 323 Å². The molecule has 448 valence electrons. The molecule has 6 nitrogen and oxygen atoms in total. The third-order valence-corrected chi connectivity index (χ3v) is 14.3. The van der Waals surface area contributed by atoms with Crippen molar-refractivity contribution in [3.63, 3.8) is 0 Å². The number of allylic oxidation sites excluding steroid dienone is 16. The Morgan fingerprint density at radius 3 is 0.808 bits per heavy atom. The predicted octanol–water partition coefficient (Wildman–Crippen LogP) is 22.8. The fraction of sp³-hybridized carbons (Fsp3) is 0.736. The summed E-state index contributed by atoms with van der Waals surface area (Å²) in [7, 11) is 0. The predicted molar refractivity (Wildman–Crippen MR) is 339 cm³/mol. The van der Waals surface area contributed by atoms with Crippen molar-refractivity contribution >= 4 is 17.9 Å². The SMILES string of the molecule is CC/C=C\C/C=C\C/C=C\C/C=C\CCCCCCCCCCC(=O)OC(COC(=O)CCCC/C=C\C/C=C\C/C=C\C/C=C\CC)COC(=O)CCCCCCCCCCCCCCCCCCCCCCCCCC. The number of hydrogen-bond donors (Lipinski definition) is 0. The molecule has 0 fully saturated rings. The molecule has 0 amide bonds. The van der Waals surface area contributed by atoms with Gasteiger partial charge in [0.2, 0.25) is 0 Å². The molecule has 0 aromatic rings. The van der Waals surface area contributed by atoms with Crippen LogP contribution in [0.5, 0.6) is 0 Å². The quantitative estimate of drug-likeness (QED) is 0.0261. The molecule has 0 saturated carbocycles. The molecule has 0 aliphatic carbocycles. The molecule has 0 aliphatic rings. The first-order chi connectivity index (χ1) is 38.5. The van der Waals surface area contributed by atoms with Gasteiger partial charge in [0.1, 0.15) is 13.2 Å². The molecule has 0 aromatic carbocycles. The summed E-state index contributed by atoms with van der Waals surface area (Å²) >= 11 is 0. The van der Waals surface area contributed by atoms with Crippen molar-refractivity contribution in [3.8, 4) is 0 Å². The lowest BCUT2D eigenvalue weighted by molar-refractivity contribution is -0.167. The monoisotopic (exact) mass is 1080 g/mol. The molecule has 0 rings (SSSR count). The molecular weight excluding hydrogens is 961 g/mol. The zero-order valence-electron chi connectivity index (χ0n) is 51.4. The standard InChI is InChI=1S/C72H124O6/c1-4-7-10-13-16-19-22-25-28-30-32-34-35-36-38-39-41-44-47-50-53-56-59-62-65-71(74)77-68-69(67-76-70(73)64-61-58-55-52-49-46-43-27-24-21-18-15-12-9-6-3)78-72(75)66-63-60-57-54-51-48-45-42-40-37-33-31-29-26-23-20-17-14-11-8-5-2/h8-9,11-12,17-18,20-21,26-27,29,33,37,43,49,52,69H,4-7,10,13-16,19,22-25,28,30-32,34-36,38-42,44-48,50-51,53-68H2,1-3H3/b11-8-,12-9-,20-17-,21-18-,29-26-,37-33-,43-27-,52-49-. The van der Waals surface area contributed by atoms with Crippen LogP contribution in [0.15, 0.2) is 97.2 Å². The van der Waals surface area contributed by atoms with E-state index in [1.165, 1.54) is 167 Å². The Morgan fingerprint density at radius 1 is 0.269 bits per heavy atom. The number of carbonyl (C=O) groups is 3. The van der Waals surface area contributed by atoms with E-state index in [2.05, 4.69) is 118 Å². The molecule has 0 bridgehead atoms. The minimum Gasteiger partial charge on any atom is -0.462 e. The van der Waals surface area contributed by atoms with Crippen LogP contribution in [0.2, 0.25) is 0 Å². The fourth-order valence-corrected chi connectivity index (χ4v) is 9.43. The van der Waals surface area contributed by atoms with Crippen molar-refractivity contribution in [1.82, 2.24) is 0 Å². The Balaban J connectivity index is 4.36. The van der Waals surface area contributed by atoms with E-state index in [4.69, 9.17) is 14.2 Å². The van der Waals surface area contributed by atoms with Gasteiger partial charge in [-0.1, -0.05) is 304 Å². The molecule has 6 heteroatoms. The molecule has 0 N–H and O–H groups in total. The van der Waals surface area contributed by atoms with Crippen molar-refractivity contribution in [2.45, 2.75) is 329 Å². The third kappa shape index (κ3) is 63.2. The van der Waals surface area contributed by atoms with Gasteiger partial charge in [-0.05, 0) is 96.3 Å². The molecule has 0 spiro atoms. The highest BCUT2D eigenvalue weighted by Gasteiger charge is 2.19. The van der Waals surface area contributed by atoms with E-state index in [-0.39, 0.29) is 31.1 Å². The maximum absolute atomic E-state index is 12.9. The summed E-state index contributed by atoms with van der Waals surface area (Å²) in [6.07, 6.45) is 88.6. The van der Waals surface area contributed by atoms with Crippen LogP contribution in [-0.4, -0.2) is 37.2 Å². The zero-order valence-corrected chi connectivity index (χ0v) is 51.4. The van der Waals surface area contributed by atoms with Crippen LogP contribution in [-0.2, 0) is 28.6 Å². The van der Waals surface area contributed by atoms with Gasteiger partial charge < -0.3 is 14.2 Å². The van der Waals surface area contributed by atoms with Crippen LogP contribution in [0.3, 0.4) is 0 Å². The van der Waals surface area contributed by atoms with Gasteiger partial charge in [-0.15, -0.1) is 0 Å². The minimum atomic E-state index is -0.800. The highest BCUT2D eigenvalue weighted by Crippen LogP contribution is 2.17. The molecule has 0 aromatic heterocycles. The summed E-state index contributed by atoms with van der Waals surface area (Å²) in [5.41, 5.74) is 0. The first kappa shape index (κ1) is 74.3. The highest BCUT2D eigenvalue weighted by molar-refractivity contribution is 5.71. The van der Waals surface area contributed by atoms with Crippen molar-refractivity contribution < 1.29 is 28.6 Å². The normalized spacial score (nSPS) is 12.7. The second-order valence-corrected chi connectivity index (χ2v) is 22.0. The van der Waals surface area contributed by atoms with Crippen molar-refractivity contribution in [3.05, 3.63) is 97.2 Å². The van der Waals surface area contributed by atoms with Gasteiger partial charge >= 0.3 is 17.9 Å². The summed E-state index contributed by atoms with van der Waals surface area (Å²) in [5.74, 6) is -0.930. The number of carbonyl (C=O) groups excluding carboxylic acids is 3. The molecule has 0 radical (unpaired) electrons. The molecule has 0 aliphatic heterocycles. The first-order valence-electron chi connectivity index (χ1n) is 33.2. The van der Waals surface area contributed by atoms with Gasteiger partial charge in [0.25, 0.3) is 0 Å². The topological polar surface area (TPSA) is 78.9 Å². The second-order valence-electron chi connectivity index (χ2n) is 22.0. The molecule has 78 heavy (non-hydrogen) atoms.